The number of nitrogens with zero attached hydrogens (tertiary/aromatic N) is 3. The topological polar surface area (TPSA) is 78.0 Å². The van der Waals surface area contributed by atoms with Gasteiger partial charge in [-0.3, -0.25) is 9.80 Å². The molecule has 1 saturated heterocycles. The van der Waals surface area contributed by atoms with E-state index in [1.54, 1.807) is 16.4 Å². The molecule has 1 aliphatic rings. The minimum absolute atomic E-state index is 0.297. The molecule has 1 aromatic carbocycles. The monoisotopic (exact) mass is 519 g/mol. The maximum absolute atomic E-state index is 13.5. The molecule has 2 rings (SSSR count). The van der Waals surface area contributed by atoms with Gasteiger partial charge in [0.05, 0.1) is 17.5 Å². The highest BCUT2D eigenvalue weighted by Crippen LogP contribution is 2.46. The van der Waals surface area contributed by atoms with Gasteiger partial charge in [0.15, 0.2) is 0 Å². The summed E-state index contributed by atoms with van der Waals surface area (Å²) in [6.07, 6.45) is 3.61. The van der Waals surface area contributed by atoms with Crippen LogP contribution in [0.4, 0.5) is 0 Å². The van der Waals surface area contributed by atoms with Gasteiger partial charge in [-0.1, -0.05) is 45.4 Å². The Labute approximate surface area is 201 Å². The van der Waals surface area contributed by atoms with Gasteiger partial charge in [-0.05, 0) is 43.7 Å². The van der Waals surface area contributed by atoms with Crippen LogP contribution in [0.15, 0.2) is 29.2 Å². The second-order valence-corrected chi connectivity index (χ2v) is 18.4. The third-order valence-electron chi connectivity index (χ3n) is 6.94. The molecule has 0 N–H and O–H groups in total. The Kier molecular flexibility index (Phi) is 10.9. The third kappa shape index (κ3) is 8.02. The Bertz CT molecular complexity index is 897. The van der Waals surface area contributed by atoms with Crippen molar-refractivity contribution in [2.45, 2.75) is 39.5 Å². The lowest BCUT2D eigenvalue weighted by atomic mass is 10.2. The molecule has 190 valence electrons. The first-order valence-electron chi connectivity index (χ1n) is 12.2. The molecule has 1 fully saturated rings. The van der Waals surface area contributed by atoms with Gasteiger partial charge in [-0.25, -0.2) is 8.42 Å². The van der Waals surface area contributed by atoms with Crippen LogP contribution in [0.3, 0.4) is 0 Å². The lowest BCUT2D eigenvalue weighted by Crippen LogP contribution is -2.40. The van der Waals surface area contributed by atoms with E-state index in [-0.39, 0.29) is 0 Å². The molecule has 0 radical (unpaired) electrons. The predicted octanol–water partition coefficient (Wildman–Crippen LogP) is 4.32. The van der Waals surface area contributed by atoms with Gasteiger partial charge in [-0.15, -0.1) is 0 Å². The van der Waals surface area contributed by atoms with Gasteiger partial charge >= 0.3 is 0 Å². The highest BCUT2D eigenvalue weighted by molar-refractivity contribution is 7.89. The molecule has 0 aliphatic carbocycles. The summed E-state index contributed by atoms with van der Waals surface area (Å²) in [4.78, 5) is 4.62. The van der Waals surface area contributed by atoms with Crippen molar-refractivity contribution < 1.29 is 17.5 Å². The van der Waals surface area contributed by atoms with E-state index in [4.69, 9.17) is 0 Å². The van der Waals surface area contributed by atoms with Gasteiger partial charge in [0.2, 0.25) is 10.0 Å². The highest BCUT2D eigenvalue weighted by atomic mass is 32.2. The van der Waals surface area contributed by atoms with Crippen molar-refractivity contribution in [3.05, 3.63) is 29.8 Å². The van der Waals surface area contributed by atoms with Crippen molar-refractivity contribution in [2.24, 2.45) is 0 Å². The van der Waals surface area contributed by atoms with E-state index in [2.05, 4.69) is 9.80 Å². The van der Waals surface area contributed by atoms with Crippen LogP contribution in [-0.4, -0.2) is 99.0 Å². The Balaban J connectivity index is 2.32. The van der Waals surface area contributed by atoms with Crippen molar-refractivity contribution in [1.29, 1.82) is 0 Å². The van der Waals surface area contributed by atoms with Crippen LogP contribution >= 0.6 is 14.3 Å². The third-order valence-corrected chi connectivity index (χ3v) is 15.3. The highest BCUT2D eigenvalue weighted by Gasteiger charge is 2.30. The summed E-state index contributed by atoms with van der Waals surface area (Å²) in [5.41, 5.74) is 1.01. The fourth-order valence-electron chi connectivity index (χ4n) is 4.08. The normalized spacial score (nSPS) is 18.6. The average Bonchev–Trinajstić information content (AvgIpc) is 2.90. The lowest BCUT2D eigenvalue weighted by Gasteiger charge is -2.30. The van der Waals surface area contributed by atoms with Crippen LogP contribution < -0.4 is 0 Å². The second-order valence-electron chi connectivity index (χ2n) is 9.12. The minimum Gasteiger partial charge on any atom is -0.322 e. The Morgan fingerprint density at radius 2 is 1.06 bits per heavy atom. The number of rotatable bonds is 10. The summed E-state index contributed by atoms with van der Waals surface area (Å²) in [7, 11) is -8.27. The molecular weight excluding hydrogens is 476 g/mol. The molecule has 0 atom stereocenters. The van der Waals surface area contributed by atoms with E-state index in [0.29, 0.717) is 81.4 Å². The molecule has 0 unspecified atom stereocenters. The van der Waals surface area contributed by atoms with Crippen LogP contribution in [-0.2, 0) is 19.2 Å². The zero-order chi connectivity index (χ0) is 24.7. The van der Waals surface area contributed by atoms with Crippen molar-refractivity contribution in [3.63, 3.8) is 0 Å². The van der Waals surface area contributed by atoms with Crippen LogP contribution in [0.25, 0.3) is 0 Å². The average molecular weight is 520 g/mol. The van der Waals surface area contributed by atoms with E-state index in [0.717, 1.165) is 5.56 Å². The first-order valence-corrected chi connectivity index (χ1v) is 18.1. The van der Waals surface area contributed by atoms with Gasteiger partial charge in [0.1, 0.15) is 14.3 Å². The summed E-state index contributed by atoms with van der Waals surface area (Å²) < 4.78 is 54.9. The quantitative estimate of drug-likeness (QED) is 0.429. The summed E-state index contributed by atoms with van der Waals surface area (Å²) in [6, 6.07) is 6.97. The number of aryl methyl sites for hydroxylation is 1. The van der Waals surface area contributed by atoms with Crippen molar-refractivity contribution in [2.75, 3.05) is 76.5 Å². The van der Waals surface area contributed by atoms with Crippen LogP contribution in [0.5, 0.6) is 0 Å². The summed E-state index contributed by atoms with van der Waals surface area (Å²) in [5, 5.41) is 0. The summed E-state index contributed by atoms with van der Waals surface area (Å²) in [6.45, 7) is 13.0. The molecule has 0 amide bonds. The molecule has 0 bridgehead atoms. The van der Waals surface area contributed by atoms with E-state index >= 15 is 0 Å². The summed E-state index contributed by atoms with van der Waals surface area (Å²) >= 11 is 0. The number of hydrogen-bond acceptors (Lipinski definition) is 6. The van der Waals surface area contributed by atoms with E-state index in [9.17, 15) is 17.5 Å². The van der Waals surface area contributed by atoms with Crippen LogP contribution in [0.2, 0.25) is 0 Å². The molecular formula is C23H43N3O4P2S. The standard InChI is InChI=1S/C23H43N3O4P2S/c1-6-31(27,7-2)20-24-14-15-25(21-32(28,8-3)9-4)17-19-26(18-16-24)33(29,30)23-12-10-22(5)11-13-23/h10-13H,6-9,14-21H2,1-5H3. The first kappa shape index (κ1) is 28.7. The molecule has 33 heavy (non-hydrogen) atoms. The SMILES string of the molecule is CCP(=O)(CC)CN1CCN(CP(=O)(CC)CC)CCN(S(=O)(=O)c2ccc(C)cc2)CC1. The largest absolute Gasteiger partial charge is 0.322 e. The Morgan fingerprint density at radius 1 is 0.697 bits per heavy atom. The van der Waals surface area contributed by atoms with Gasteiger partial charge in [-0.2, -0.15) is 4.31 Å². The fourth-order valence-corrected chi connectivity index (χ4v) is 9.22. The molecule has 0 saturated carbocycles. The van der Waals surface area contributed by atoms with Crippen molar-refractivity contribution in [3.8, 4) is 0 Å². The van der Waals surface area contributed by atoms with Gasteiger partial charge in [0.25, 0.3) is 0 Å². The van der Waals surface area contributed by atoms with E-state index in [1.807, 2.05) is 46.8 Å². The maximum atomic E-state index is 13.5. The Morgan fingerprint density at radius 3 is 1.42 bits per heavy atom. The zero-order valence-electron chi connectivity index (χ0n) is 21.1. The number of hydrogen-bond donors (Lipinski definition) is 0. The molecule has 1 heterocycles. The summed E-state index contributed by atoms with van der Waals surface area (Å²) in [5.74, 6) is 0. The number of benzene rings is 1. The van der Waals surface area contributed by atoms with Crippen molar-refractivity contribution in [1.82, 2.24) is 14.1 Å². The predicted molar refractivity (Wildman–Crippen MR) is 140 cm³/mol. The Hall–Kier alpha value is -0.490. The minimum atomic E-state index is -3.65. The molecule has 7 nitrogen and oxygen atoms in total. The lowest BCUT2D eigenvalue weighted by molar-refractivity contribution is 0.256. The first-order chi connectivity index (χ1) is 15.5. The van der Waals surface area contributed by atoms with Gasteiger partial charge in [0, 0.05) is 39.3 Å². The van der Waals surface area contributed by atoms with Crippen molar-refractivity contribution >= 4 is 24.3 Å². The van der Waals surface area contributed by atoms with Crippen LogP contribution in [0.1, 0.15) is 33.3 Å². The van der Waals surface area contributed by atoms with Crippen LogP contribution in [0, 0.1) is 6.92 Å². The molecule has 0 aromatic heterocycles. The zero-order valence-corrected chi connectivity index (χ0v) is 23.7. The van der Waals surface area contributed by atoms with Gasteiger partial charge < -0.3 is 9.13 Å². The second kappa shape index (κ2) is 12.5. The molecule has 1 aliphatic heterocycles. The fraction of sp³-hybridized carbons (Fsp3) is 0.739. The molecule has 0 spiro atoms. The van der Waals surface area contributed by atoms with E-state index in [1.165, 1.54) is 0 Å². The molecule has 10 heteroatoms. The van der Waals surface area contributed by atoms with E-state index < -0.39 is 24.3 Å². The number of sulfonamides is 1. The molecule has 1 aromatic rings. The maximum Gasteiger partial charge on any atom is 0.243 e. The smallest absolute Gasteiger partial charge is 0.243 e.